The first-order valence-corrected chi connectivity index (χ1v) is 14.2. The quantitative estimate of drug-likeness (QED) is 0.219. The number of likely N-dealkylation sites (tertiary alicyclic amines) is 1. The van der Waals surface area contributed by atoms with E-state index in [0.29, 0.717) is 0 Å². The van der Waals surface area contributed by atoms with Crippen molar-refractivity contribution in [2.75, 3.05) is 39.4 Å². The molecule has 5 heteroatoms. The van der Waals surface area contributed by atoms with Gasteiger partial charge in [0.2, 0.25) is 0 Å². The van der Waals surface area contributed by atoms with Gasteiger partial charge in [-0.3, -0.25) is 4.79 Å². The predicted molar refractivity (Wildman–Crippen MR) is 141 cm³/mol. The van der Waals surface area contributed by atoms with E-state index in [9.17, 15) is 0 Å². The van der Waals surface area contributed by atoms with Crippen LogP contribution in [0.3, 0.4) is 0 Å². The third-order valence-electron chi connectivity index (χ3n) is 6.80. The molecule has 1 saturated heterocycles. The zero-order valence-electron chi connectivity index (χ0n) is 22.1. The van der Waals surface area contributed by atoms with Crippen LogP contribution < -0.4 is 0 Å². The van der Waals surface area contributed by atoms with Crippen LogP contribution in [0.2, 0.25) is 0 Å². The van der Waals surface area contributed by atoms with Crippen LogP contribution in [0.25, 0.3) is 0 Å². The van der Waals surface area contributed by atoms with Gasteiger partial charge in [-0.1, -0.05) is 96.8 Å². The summed E-state index contributed by atoms with van der Waals surface area (Å²) in [5.74, 6) is -0.833. The van der Waals surface area contributed by atoms with Gasteiger partial charge in [0.05, 0.1) is 6.67 Å². The molecule has 194 valence electrons. The Kier molecular flexibility index (Phi) is 19.2. The number of hydrogen-bond acceptors (Lipinski definition) is 4. The Morgan fingerprint density at radius 1 is 0.667 bits per heavy atom. The third-order valence-corrected chi connectivity index (χ3v) is 6.80. The predicted octanol–water partition coefficient (Wildman–Crippen LogP) is 7.09. The number of hydrogen-bond donors (Lipinski definition) is 1. The van der Waals surface area contributed by atoms with Crippen LogP contribution in [0.1, 0.15) is 123 Å². The molecule has 2 heterocycles. The highest BCUT2D eigenvalue weighted by molar-refractivity contribution is 5.62. The highest BCUT2D eigenvalue weighted by atomic mass is 16.4. The minimum absolute atomic E-state index is 0.833. The molecule has 0 bridgehead atoms. The van der Waals surface area contributed by atoms with Gasteiger partial charge in [-0.15, -0.1) is 0 Å². The lowest BCUT2D eigenvalue weighted by Crippen LogP contribution is -2.37. The number of carboxylic acid groups (broad SMARTS) is 1. The summed E-state index contributed by atoms with van der Waals surface area (Å²) in [6, 6.07) is 0. The molecule has 2 aliphatic heterocycles. The van der Waals surface area contributed by atoms with Gasteiger partial charge in [0.25, 0.3) is 5.97 Å². The fraction of sp³-hybridized carbons (Fsp3) is 0.893. The number of piperidine rings is 1. The molecule has 2 aliphatic rings. The van der Waals surface area contributed by atoms with Gasteiger partial charge in [-0.05, 0) is 32.4 Å². The van der Waals surface area contributed by atoms with Crippen molar-refractivity contribution in [2.45, 2.75) is 123 Å². The summed E-state index contributed by atoms with van der Waals surface area (Å²) in [5, 5.41) is 7.42. The normalized spacial score (nSPS) is 16.2. The summed E-state index contributed by atoms with van der Waals surface area (Å²) < 4.78 is 0. The standard InChI is InChI=1S/C26H51N3.C2H4O2/c1-2-3-4-5-6-7-8-9-10-11-12-13-14-16-21-28-24-25-29(26-28)23-22-27-19-17-15-18-20-27;1-2(3)4/h24-25H,2-23,26H2,1H3;1H3,(H,3,4). The maximum absolute atomic E-state index is 9.00. The average molecular weight is 466 g/mol. The molecule has 5 nitrogen and oxygen atoms in total. The van der Waals surface area contributed by atoms with Crippen LogP contribution in [-0.4, -0.2) is 65.2 Å². The van der Waals surface area contributed by atoms with E-state index in [-0.39, 0.29) is 0 Å². The van der Waals surface area contributed by atoms with Gasteiger partial charge in [0.15, 0.2) is 0 Å². The van der Waals surface area contributed by atoms with Gasteiger partial charge in [-0.2, -0.15) is 0 Å². The summed E-state index contributed by atoms with van der Waals surface area (Å²) in [6.07, 6.45) is 29.1. The first kappa shape index (κ1) is 29.8. The molecular weight excluding hydrogens is 410 g/mol. The fourth-order valence-electron chi connectivity index (χ4n) is 4.77. The molecule has 0 radical (unpaired) electrons. The molecule has 0 aliphatic carbocycles. The second-order valence-corrected chi connectivity index (χ2v) is 10.1. The zero-order chi connectivity index (χ0) is 24.0. The van der Waals surface area contributed by atoms with Gasteiger partial charge in [0, 0.05) is 39.0 Å². The largest absolute Gasteiger partial charge is 0.481 e. The Hall–Kier alpha value is -1.23. The van der Waals surface area contributed by atoms with Crippen molar-refractivity contribution >= 4 is 5.97 Å². The van der Waals surface area contributed by atoms with Crippen LogP contribution in [0.15, 0.2) is 12.4 Å². The molecule has 1 N–H and O–H groups in total. The van der Waals surface area contributed by atoms with Gasteiger partial charge in [-0.25, -0.2) is 0 Å². The van der Waals surface area contributed by atoms with Gasteiger partial charge in [0.1, 0.15) is 0 Å². The van der Waals surface area contributed by atoms with Crippen molar-refractivity contribution in [2.24, 2.45) is 0 Å². The first-order chi connectivity index (χ1) is 16.1. The van der Waals surface area contributed by atoms with Crippen LogP contribution in [0.5, 0.6) is 0 Å². The van der Waals surface area contributed by atoms with Crippen LogP contribution in [0, 0.1) is 0 Å². The number of rotatable bonds is 18. The van der Waals surface area contributed by atoms with E-state index >= 15 is 0 Å². The second kappa shape index (κ2) is 21.3. The molecule has 0 aromatic carbocycles. The van der Waals surface area contributed by atoms with Crippen molar-refractivity contribution in [3.8, 4) is 0 Å². The molecule has 0 saturated carbocycles. The maximum Gasteiger partial charge on any atom is 0.300 e. The molecule has 2 rings (SSSR count). The van der Waals surface area contributed by atoms with Crippen molar-refractivity contribution < 1.29 is 9.90 Å². The van der Waals surface area contributed by atoms with Crippen LogP contribution in [-0.2, 0) is 4.79 Å². The molecule has 0 aromatic heterocycles. The Bertz CT molecular complexity index is 474. The van der Waals surface area contributed by atoms with Gasteiger partial charge >= 0.3 is 0 Å². The summed E-state index contributed by atoms with van der Waals surface area (Å²) >= 11 is 0. The highest BCUT2D eigenvalue weighted by Gasteiger charge is 2.14. The van der Waals surface area contributed by atoms with Crippen LogP contribution >= 0.6 is 0 Å². The third kappa shape index (κ3) is 18.8. The number of nitrogens with zero attached hydrogens (tertiary/aromatic N) is 3. The summed E-state index contributed by atoms with van der Waals surface area (Å²) in [7, 11) is 0. The van der Waals surface area contributed by atoms with Crippen molar-refractivity contribution in [3.63, 3.8) is 0 Å². The fourth-order valence-corrected chi connectivity index (χ4v) is 4.77. The first-order valence-electron chi connectivity index (χ1n) is 14.2. The topological polar surface area (TPSA) is 47.0 Å². The van der Waals surface area contributed by atoms with E-state index < -0.39 is 5.97 Å². The Labute approximate surface area is 205 Å². The van der Waals surface area contributed by atoms with Crippen molar-refractivity contribution in [1.29, 1.82) is 0 Å². The van der Waals surface area contributed by atoms with E-state index in [1.807, 2.05) is 0 Å². The molecule has 33 heavy (non-hydrogen) atoms. The molecule has 0 aromatic rings. The van der Waals surface area contributed by atoms with Gasteiger partial charge < -0.3 is 19.8 Å². The Morgan fingerprint density at radius 3 is 1.58 bits per heavy atom. The molecule has 0 atom stereocenters. The lowest BCUT2D eigenvalue weighted by Gasteiger charge is -2.29. The number of carbonyl (C=O) groups is 1. The highest BCUT2D eigenvalue weighted by Crippen LogP contribution is 2.14. The van der Waals surface area contributed by atoms with E-state index in [1.165, 1.54) is 142 Å². The smallest absolute Gasteiger partial charge is 0.300 e. The average Bonchev–Trinajstić information content (AvgIpc) is 3.26. The summed E-state index contributed by atoms with van der Waals surface area (Å²) in [4.78, 5) is 16.7. The summed E-state index contributed by atoms with van der Waals surface area (Å²) in [5.41, 5.74) is 0. The van der Waals surface area contributed by atoms with Crippen molar-refractivity contribution in [3.05, 3.63) is 12.4 Å². The minimum Gasteiger partial charge on any atom is -0.481 e. The Balaban J connectivity index is 0.00000125. The van der Waals surface area contributed by atoms with E-state index in [4.69, 9.17) is 9.90 Å². The molecule has 0 unspecified atom stereocenters. The van der Waals surface area contributed by atoms with E-state index in [2.05, 4.69) is 34.0 Å². The van der Waals surface area contributed by atoms with Crippen LogP contribution in [0.4, 0.5) is 0 Å². The lowest BCUT2D eigenvalue weighted by atomic mass is 10.0. The second-order valence-electron chi connectivity index (χ2n) is 10.1. The summed E-state index contributed by atoms with van der Waals surface area (Å²) in [6.45, 7) is 10.8. The molecule has 1 fully saturated rings. The van der Waals surface area contributed by atoms with E-state index in [0.717, 1.165) is 13.6 Å². The lowest BCUT2D eigenvalue weighted by molar-refractivity contribution is -0.134. The molecular formula is C28H55N3O2. The monoisotopic (exact) mass is 465 g/mol. The minimum atomic E-state index is -0.833. The number of carboxylic acids is 1. The number of aliphatic carboxylic acids is 1. The SMILES string of the molecule is CC(=O)O.CCCCCCCCCCCCCCCCN1C=CN(CCN2CCCCC2)C1. The molecule has 0 amide bonds. The molecule has 0 spiro atoms. The van der Waals surface area contributed by atoms with Crippen molar-refractivity contribution in [1.82, 2.24) is 14.7 Å². The zero-order valence-corrected chi connectivity index (χ0v) is 22.1. The maximum atomic E-state index is 9.00. The number of unbranched alkanes of at least 4 members (excludes halogenated alkanes) is 13. The van der Waals surface area contributed by atoms with E-state index in [1.54, 1.807) is 0 Å². The Morgan fingerprint density at radius 2 is 1.09 bits per heavy atom.